The van der Waals surface area contributed by atoms with E-state index in [1.807, 2.05) is 12.1 Å². The Labute approximate surface area is 176 Å². The van der Waals surface area contributed by atoms with Gasteiger partial charge in [-0.3, -0.25) is 4.79 Å². The molecule has 154 valence electrons. The highest BCUT2D eigenvalue weighted by atomic mass is 16.5. The molecule has 2 aromatic heterocycles. The van der Waals surface area contributed by atoms with Crippen LogP contribution in [0.15, 0.2) is 30.3 Å². The lowest BCUT2D eigenvalue weighted by molar-refractivity contribution is 0.103. The third kappa shape index (κ3) is 3.16. The number of H-pyrrole nitrogens is 1. The van der Waals surface area contributed by atoms with Crippen LogP contribution in [-0.4, -0.2) is 46.9 Å². The van der Waals surface area contributed by atoms with Gasteiger partial charge in [0.2, 0.25) is 5.88 Å². The minimum Gasteiger partial charge on any atom is -0.476 e. The van der Waals surface area contributed by atoms with Crippen LogP contribution >= 0.6 is 0 Å². The predicted molar refractivity (Wildman–Crippen MR) is 116 cm³/mol. The smallest absolute Gasteiger partial charge is 0.213 e. The predicted octanol–water partition coefficient (Wildman–Crippen LogP) is 4.03. The lowest BCUT2D eigenvalue weighted by Crippen LogP contribution is -2.32. The highest BCUT2D eigenvalue weighted by molar-refractivity contribution is 6.19. The van der Waals surface area contributed by atoms with Gasteiger partial charge in [0.15, 0.2) is 5.78 Å². The van der Waals surface area contributed by atoms with Crippen molar-refractivity contribution < 1.29 is 9.53 Å². The number of ether oxygens (including phenoxy) is 1. The number of nitrogens with zero attached hydrogens (tertiary/aromatic N) is 3. The van der Waals surface area contributed by atoms with Gasteiger partial charge in [-0.05, 0) is 45.1 Å². The zero-order valence-corrected chi connectivity index (χ0v) is 17.9. The fourth-order valence-electron chi connectivity index (χ4n) is 4.23. The fraction of sp³-hybridized carbons (Fsp3) is 0.375. The van der Waals surface area contributed by atoms with E-state index in [0.717, 1.165) is 36.2 Å². The van der Waals surface area contributed by atoms with Crippen LogP contribution in [0.4, 0.5) is 0 Å². The monoisotopic (exact) mass is 402 g/mol. The molecule has 2 heterocycles. The molecule has 0 spiro atoms. The van der Waals surface area contributed by atoms with Gasteiger partial charge in [0.25, 0.3) is 0 Å². The van der Waals surface area contributed by atoms with Crippen molar-refractivity contribution in [2.45, 2.75) is 33.1 Å². The second-order valence-electron chi connectivity index (χ2n) is 8.12. The maximum Gasteiger partial charge on any atom is 0.213 e. The van der Waals surface area contributed by atoms with E-state index in [0.29, 0.717) is 34.9 Å². The third-order valence-electron chi connectivity index (χ3n) is 6.04. The number of ketones is 1. The SMILES string of the molecule is CCN(CC)CCOc1ccc2c(n1)C(C)(C)c1[nH]c3cc(C#N)ccc3c1C2=O. The number of nitrogens with one attached hydrogen (secondary N) is 1. The summed E-state index contributed by atoms with van der Waals surface area (Å²) in [6.45, 7) is 11.7. The minimum atomic E-state index is -0.497. The minimum absolute atomic E-state index is 0.0440. The van der Waals surface area contributed by atoms with Crippen molar-refractivity contribution in [1.82, 2.24) is 14.9 Å². The number of likely N-dealkylation sites (N-methyl/N-ethyl adjacent to an activating group) is 1. The summed E-state index contributed by atoms with van der Waals surface area (Å²) >= 11 is 0. The van der Waals surface area contributed by atoms with Gasteiger partial charge >= 0.3 is 0 Å². The molecular formula is C24H26N4O2. The number of fused-ring (bicyclic) bond motifs is 4. The zero-order valence-electron chi connectivity index (χ0n) is 17.9. The number of nitriles is 1. The fourth-order valence-corrected chi connectivity index (χ4v) is 4.23. The topological polar surface area (TPSA) is 82.0 Å². The summed E-state index contributed by atoms with van der Waals surface area (Å²) in [7, 11) is 0. The lowest BCUT2D eigenvalue weighted by Gasteiger charge is -2.31. The van der Waals surface area contributed by atoms with Gasteiger partial charge in [-0.15, -0.1) is 0 Å². The molecular weight excluding hydrogens is 376 g/mol. The molecule has 6 nitrogen and oxygen atoms in total. The molecule has 1 aliphatic carbocycles. The van der Waals surface area contributed by atoms with Crippen LogP contribution in [0.1, 0.15) is 60.6 Å². The molecule has 0 unspecified atom stereocenters. The molecule has 0 radical (unpaired) electrons. The second kappa shape index (κ2) is 7.58. The number of benzene rings is 1. The Morgan fingerprint density at radius 2 is 1.97 bits per heavy atom. The van der Waals surface area contributed by atoms with Crippen molar-refractivity contribution in [2.24, 2.45) is 0 Å². The Bertz CT molecular complexity index is 1170. The van der Waals surface area contributed by atoms with E-state index >= 15 is 0 Å². The highest BCUT2D eigenvalue weighted by Gasteiger charge is 2.41. The Balaban J connectivity index is 1.71. The zero-order chi connectivity index (χ0) is 21.5. The summed E-state index contributed by atoms with van der Waals surface area (Å²) in [6, 6.07) is 11.1. The maximum absolute atomic E-state index is 13.3. The van der Waals surface area contributed by atoms with Crippen LogP contribution in [0.2, 0.25) is 0 Å². The Hall–Kier alpha value is -3.17. The van der Waals surface area contributed by atoms with Gasteiger partial charge in [0.1, 0.15) is 6.61 Å². The molecule has 0 fully saturated rings. The van der Waals surface area contributed by atoms with Crippen LogP contribution in [-0.2, 0) is 5.41 Å². The molecule has 0 amide bonds. The number of hydrogen-bond donors (Lipinski definition) is 1. The van der Waals surface area contributed by atoms with E-state index < -0.39 is 5.41 Å². The highest BCUT2D eigenvalue weighted by Crippen LogP contribution is 2.43. The number of carbonyl (C=O) groups is 1. The largest absolute Gasteiger partial charge is 0.476 e. The lowest BCUT2D eigenvalue weighted by atomic mass is 9.74. The van der Waals surface area contributed by atoms with Gasteiger partial charge in [-0.25, -0.2) is 4.98 Å². The van der Waals surface area contributed by atoms with Crippen LogP contribution in [0, 0.1) is 11.3 Å². The Morgan fingerprint density at radius 1 is 1.20 bits per heavy atom. The molecule has 0 saturated heterocycles. The number of carbonyl (C=O) groups excluding carboxylic acids is 1. The molecule has 4 rings (SSSR count). The molecule has 0 bridgehead atoms. The summed E-state index contributed by atoms with van der Waals surface area (Å²) < 4.78 is 5.90. The normalized spacial score (nSPS) is 14.5. The van der Waals surface area contributed by atoms with Crippen molar-refractivity contribution >= 4 is 16.7 Å². The van der Waals surface area contributed by atoms with Gasteiger partial charge in [0.05, 0.1) is 22.9 Å². The Kier molecular flexibility index (Phi) is 5.08. The quantitative estimate of drug-likeness (QED) is 0.673. The van der Waals surface area contributed by atoms with Crippen LogP contribution in [0.5, 0.6) is 5.88 Å². The number of pyridine rings is 1. The van der Waals surface area contributed by atoms with Crippen molar-refractivity contribution in [2.75, 3.05) is 26.2 Å². The van der Waals surface area contributed by atoms with E-state index in [2.05, 4.69) is 43.6 Å². The van der Waals surface area contributed by atoms with Gasteiger partial charge < -0.3 is 14.6 Å². The average molecular weight is 402 g/mol. The summed E-state index contributed by atoms with van der Waals surface area (Å²) in [4.78, 5) is 23.8. The molecule has 0 atom stereocenters. The molecule has 1 aromatic carbocycles. The molecule has 0 aliphatic heterocycles. The van der Waals surface area contributed by atoms with E-state index in [9.17, 15) is 10.1 Å². The van der Waals surface area contributed by atoms with E-state index in [1.54, 1.807) is 18.2 Å². The maximum atomic E-state index is 13.3. The van der Waals surface area contributed by atoms with Gasteiger partial charge in [0, 0.05) is 40.2 Å². The summed E-state index contributed by atoms with van der Waals surface area (Å²) in [5, 5.41) is 10.0. The van der Waals surface area contributed by atoms with Crippen molar-refractivity contribution in [1.29, 1.82) is 5.26 Å². The summed E-state index contributed by atoms with van der Waals surface area (Å²) in [6.07, 6.45) is 0. The van der Waals surface area contributed by atoms with Crippen molar-refractivity contribution in [3.05, 3.63) is 58.4 Å². The number of aromatic nitrogens is 2. The first-order chi connectivity index (χ1) is 14.4. The van der Waals surface area contributed by atoms with Gasteiger partial charge in [-0.1, -0.05) is 19.9 Å². The van der Waals surface area contributed by atoms with Crippen LogP contribution in [0.3, 0.4) is 0 Å². The number of aromatic amines is 1. The third-order valence-corrected chi connectivity index (χ3v) is 6.04. The number of rotatable bonds is 6. The Morgan fingerprint density at radius 3 is 2.67 bits per heavy atom. The first-order valence-corrected chi connectivity index (χ1v) is 10.4. The van der Waals surface area contributed by atoms with E-state index in [4.69, 9.17) is 9.72 Å². The van der Waals surface area contributed by atoms with Gasteiger partial charge in [-0.2, -0.15) is 5.26 Å². The van der Waals surface area contributed by atoms with Crippen molar-refractivity contribution in [3.63, 3.8) is 0 Å². The molecule has 0 saturated carbocycles. The second-order valence-corrected chi connectivity index (χ2v) is 8.12. The summed E-state index contributed by atoms with van der Waals surface area (Å²) in [5.41, 5.74) is 3.68. The average Bonchev–Trinajstić information content (AvgIpc) is 3.15. The van der Waals surface area contributed by atoms with E-state index in [-0.39, 0.29) is 5.78 Å². The molecule has 6 heteroatoms. The molecule has 1 N–H and O–H groups in total. The first-order valence-electron chi connectivity index (χ1n) is 10.4. The van der Waals surface area contributed by atoms with E-state index in [1.165, 1.54) is 0 Å². The molecule has 3 aromatic rings. The van der Waals surface area contributed by atoms with Crippen molar-refractivity contribution in [3.8, 4) is 11.9 Å². The summed E-state index contributed by atoms with van der Waals surface area (Å²) in [5.74, 6) is 0.491. The standard InChI is InChI=1S/C24H26N4O2/c1-5-28(6-2)11-12-30-19-10-9-17-21(29)20-16-8-7-15(14-25)13-18(16)26-23(20)24(3,4)22(17)27-19/h7-10,13,26H,5-6,11-12H2,1-4H3. The molecule has 1 aliphatic rings. The first kappa shape index (κ1) is 20.1. The van der Waals surface area contributed by atoms with Crippen LogP contribution < -0.4 is 4.74 Å². The number of hydrogen-bond acceptors (Lipinski definition) is 5. The van der Waals surface area contributed by atoms with Crippen LogP contribution in [0.25, 0.3) is 10.9 Å². The molecule has 30 heavy (non-hydrogen) atoms.